The molecule has 1 aliphatic carbocycles. The van der Waals surface area contributed by atoms with Crippen LogP contribution in [0.15, 0.2) is 36.4 Å². The molecule has 1 aliphatic rings. The molecular formula is C24H35ClO4. The first-order chi connectivity index (χ1) is 13.9. The minimum atomic E-state index is -0.769. The van der Waals surface area contributed by atoms with Crippen molar-refractivity contribution in [1.29, 1.82) is 0 Å². The number of aliphatic hydroxyl groups excluding tert-OH is 2. The van der Waals surface area contributed by atoms with Gasteiger partial charge in [-0.05, 0) is 49.1 Å². The average Bonchev–Trinajstić information content (AvgIpc) is 2.97. The monoisotopic (exact) mass is 422 g/mol. The summed E-state index contributed by atoms with van der Waals surface area (Å²) in [7, 11) is 0. The van der Waals surface area contributed by atoms with Gasteiger partial charge >= 0.3 is 5.97 Å². The number of aliphatic carboxylic acids is 1. The molecule has 0 aromatic heterocycles. The lowest BCUT2D eigenvalue weighted by Gasteiger charge is -2.24. The Kier molecular flexibility index (Phi) is 10.2. The molecular weight excluding hydrogens is 388 g/mol. The molecule has 0 spiro atoms. The van der Waals surface area contributed by atoms with E-state index in [4.69, 9.17) is 16.7 Å². The number of aliphatic hydroxyl groups is 2. The van der Waals surface area contributed by atoms with Crippen LogP contribution < -0.4 is 0 Å². The Morgan fingerprint density at radius 3 is 2.79 bits per heavy atom. The summed E-state index contributed by atoms with van der Waals surface area (Å²) in [6.07, 6.45) is 9.99. The van der Waals surface area contributed by atoms with Gasteiger partial charge in [-0.3, -0.25) is 4.79 Å². The Morgan fingerprint density at radius 1 is 1.28 bits per heavy atom. The predicted octanol–water partition coefficient (Wildman–Crippen LogP) is 5.57. The maximum atomic E-state index is 10.7. The first-order valence-corrected chi connectivity index (χ1v) is 11.3. The lowest BCUT2D eigenvalue weighted by Crippen LogP contribution is -2.18. The summed E-state index contributed by atoms with van der Waals surface area (Å²) in [5, 5.41) is 29.8. The van der Waals surface area contributed by atoms with Crippen molar-refractivity contribution in [2.24, 2.45) is 5.92 Å². The molecule has 0 amide bonds. The normalized spacial score (nSPS) is 25.5. The van der Waals surface area contributed by atoms with E-state index >= 15 is 0 Å². The quantitative estimate of drug-likeness (QED) is 0.233. The summed E-state index contributed by atoms with van der Waals surface area (Å²) >= 11 is 6.57. The molecule has 5 heteroatoms. The van der Waals surface area contributed by atoms with Crippen LogP contribution in [0.25, 0.3) is 0 Å². The number of benzene rings is 1. The molecule has 0 radical (unpaired) electrons. The van der Waals surface area contributed by atoms with Gasteiger partial charge in [-0.2, -0.15) is 0 Å². The fraction of sp³-hybridized carbons (Fsp3) is 0.625. The summed E-state index contributed by atoms with van der Waals surface area (Å²) in [6, 6.07) is 7.97. The average molecular weight is 423 g/mol. The van der Waals surface area contributed by atoms with E-state index in [2.05, 4.69) is 13.0 Å². The molecule has 3 N–H and O–H groups in total. The number of carboxylic acids is 1. The van der Waals surface area contributed by atoms with Gasteiger partial charge in [0.1, 0.15) is 0 Å². The van der Waals surface area contributed by atoms with E-state index in [0.29, 0.717) is 12.8 Å². The van der Waals surface area contributed by atoms with Gasteiger partial charge in [0.25, 0.3) is 0 Å². The van der Waals surface area contributed by atoms with Crippen LogP contribution in [0.4, 0.5) is 0 Å². The van der Waals surface area contributed by atoms with Crippen LogP contribution in [0.2, 0.25) is 0 Å². The van der Waals surface area contributed by atoms with Gasteiger partial charge in [0.2, 0.25) is 0 Å². The van der Waals surface area contributed by atoms with E-state index < -0.39 is 18.2 Å². The van der Waals surface area contributed by atoms with Crippen molar-refractivity contribution in [3.63, 3.8) is 0 Å². The summed E-state index contributed by atoms with van der Waals surface area (Å²) in [5.41, 5.74) is 1.95. The number of halogens is 1. The van der Waals surface area contributed by atoms with Crippen molar-refractivity contribution < 1.29 is 20.1 Å². The molecule has 1 fully saturated rings. The number of alkyl halides is 1. The first-order valence-electron chi connectivity index (χ1n) is 10.9. The summed E-state index contributed by atoms with van der Waals surface area (Å²) in [5.74, 6) is -0.700. The third-order valence-electron chi connectivity index (χ3n) is 5.90. The van der Waals surface area contributed by atoms with Crippen molar-refractivity contribution >= 4 is 17.6 Å². The van der Waals surface area contributed by atoms with Crippen LogP contribution in [0, 0.1) is 5.92 Å². The third-order valence-corrected chi connectivity index (χ3v) is 6.41. The van der Waals surface area contributed by atoms with Gasteiger partial charge in [-0.25, -0.2) is 0 Å². The molecule has 0 unspecified atom stereocenters. The zero-order valence-electron chi connectivity index (χ0n) is 17.3. The van der Waals surface area contributed by atoms with Crippen molar-refractivity contribution in [2.75, 3.05) is 0 Å². The molecule has 0 saturated heterocycles. The zero-order valence-corrected chi connectivity index (χ0v) is 18.1. The molecule has 0 aliphatic heterocycles. The predicted molar refractivity (Wildman–Crippen MR) is 117 cm³/mol. The second-order valence-electron chi connectivity index (χ2n) is 8.18. The molecule has 1 aromatic rings. The number of hydrogen-bond acceptors (Lipinski definition) is 3. The highest BCUT2D eigenvalue weighted by Crippen LogP contribution is 2.45. The van der Waals surface area contributed by atoms with Crippen LogP contribution >= 0.6 is 11.6 Å². The van der Waals surface area contributed by atoms with E-state index in [1.807, 2.05) is 30.3 Å². The lowest BCUT2D eigenvalue weighted by atomic mass is 9.84. The topological polar surface area (TPSA) is 77.8 Å². The van der Waals surface area contributed by atoms with E-state index in [9.17, 15) is 15.0 Å². The Bertz CT molecular complexity index is 660. The van der Waals surface area contributed by atoms with Gasteiger partial charge in [-0.1, -0.05) is 62.6 Å². The lowest BCUT2D eigenvalue weighted by molar-refractivity contribution is -0.137. The fourth-order valence-electron chi connectivity index (χ4n) is 4.30. The van der Waals surface area contributed by atoms with Crippen molar-refractivity contribution in [1.82, 2.24) is 0 Å². The molecule has 162 valence electrons. The van der Waals surface area contributed by atoms with Gasteiger partial charge in [-0.15, -0.1) is 11.6 Å². The molecule has 2 rings (SSSR count). The van der Waals surface area contributed by atoms with Gasteiger partial charge in [0.05, 0.1) is 12.2 Å². The minimum Gasteiger partial charge on any atom is -0.481 e. The second-order valence-corrected chi connectivity index (χ2v) is 8.74. The smallest absolute Gasteiger partial charge is 0.303 e. The number of carboxylic acid groups (broad SMARTS) is 1. The second kappa shape index (κ2) is 12.4. The fourth-order valence-corrected chi connectivity index (χ4v) is 4.74. The standard InChI is InChI=1S/C24H35ClO4/c1-2-3-6-13-21(26)17-10-9-11-18(15-17)24-19(20(25)16-22(24)27)12-7-4-5-8-14-23(28)29/h4,7,9-11,15,19-22,24,26-27H,2-3,5-6,8,12-14,16H2,1H3,(H,28,29)/b7-4-/t19-,20+,21-,22+,24+/m0/s1. The minimum absolute atomic E-state index is 0.0519. The van der Waals surface area contributed by atoms with Crippen molar-refractivity contribution in [3.8, 4) is 0 Å². The highest BCUT2D eigenvalue weighted by atomic mass is 35.5. The Hall–Kier alpha value is -1.36. The largest absolute Gasteiger partial charge is 0.481 e. The van der Waals surface area contributed by atoms with E-state index in [0.717, 1.165) is 49.7 Å². The maximum Gasteiger partial charge on any atom is 0.303 e. The molecule has 1 saturated carbocycles. The molecule has 0 heterocycles. The van der Waals surface area contributed by atoms with Gasteiger partial charge in [0, 0.05) is 17.7 Å². The number of unbranched alkanes of at least 4 members (excludes halogenated alkanes) is 3. The van der Waals surface area contributed by atoms with E-state index in [1.54, 1.807) is 0 Å². The van der Waals surface area contributed by atoms with E-state index in [-0.39, 0.29) is 23.6 Å². The molecule has 4 nitrogen and oxygen atoms in total. The highest BCUT2D eigenvalue weighted by molar-refractivity contribution is 6.21. The molecule has 1 aromatic carbocycles. The maximum absolute atomic E-state index is 10.7. The zero-order chi connectivity index (χ0) is 21.2. The van der Waals surface area contributed by atoms with Crippen LogP contribution in [0.3, 0.4) is 0 Å². The summed E-state index contributed by atoms with van der Waals surface area (Å²) in [6.45, 7) is 2.15. The summed E-state index contributed by atoms with van der Waals surface area (Å²) in [4.78, 5) is 10.6. The van der Waals surface area contributed by atoms with E-state index in [1.165, 1.54) is 0 Å². The Morgan fingerprint density at radius 2 is 2.07 bits per heavy atom. The van der Waals surface area contributed by atoms with Crippen molar-refractivity contribution in [3.05, 3.63) is 47.5 Å². The van der Waals surface area contributed by atoms with Crippen LogP contribution in [0.1, 0.15) is 87.9 Å². The number of rotatable bonds is 12. The summed E-state index contributed by atoms with van der Waals surface area (Å²) < 4.78 is 0. The van der Waals surface area contributed by atoms with Gasteiger partial charge in [0.15, 0.2) is 0 Å². The van der Waals surface area contributed by atoms with Crippen molar-refractivity contribution in [2.45, 2.75) is 88.2 Å². The number of hydrogen-bond donors (Lipinski definition) is 3. The molecule has 29 heavy (non-hydrogen) atoms. The molecule has 5 atom stereocenters. The Labute approximate surface area is 179 Å². The third kappa shape index (κ3) is 7.44. The Balaban J connectivity index is 2.03. The van der Waals surface area contributed by atoms with Crippen LogP contribution in [-0.2, 0) is 4.79 Å². The SMILES string of the molecule is CCCCC[C@H](O)c1cccc([C@@H]2[C@@H](C/C=C\CCCC(=O)O)[C@H](Cl)C[C@H]2O)c1. The van der Waals surface area contributed by atoms with Crippen LogP contribution in [0.5, 0.6) is 0 Å². The number of carbonyl (C=O) groups is 1. The highest BCUT2D eigenvalue weighted by Gasteiger charge is 2.41. The first kappa shape index (κ1) is 23.9. The molecule has 0 bridgehead atoms. The van der Waals surface area contributed by atoms with Gasteiger partial charge < -0.3 is 15.3 Å². The van der Waals surface area contributed by atoms with Crippen LogP contribution in [-0.4, -0.2) is 32.8 Å². The number of allylic oxidation sites excluding steroid dienone is 2.